The smallest absolute Gasteiger partial charge is 0.237 e. The van der Waals surface area contributed by atoms with Crippen molar-refractivity contribution in [2.24, 2.45) is 11.7 Å². The van der Waals surface area contributed by atoms with E-state index in [1.54, 1.807) is 0 Å². The Balaban J connectivity index is 2.37. The summed E-state index contributed by atoms with van der Waals surface area (Å²) in [4.78, 5) is 11.7. The molecule has 1 rings (SSSR count). The zero-order chi connectivity index (χ0) is 12.7. The minimum atomic E-state index is -0.457. The fourth-order valence-electron chi connectivity index (χ4n) is 1.51. The number of hydrogen-bond acceptors (Lipinski definition) is 2. The van der Waals surface area contributed by atoms with Crippen LogP contribution in [0.5, 0.6) is 0 Å². The van der Waals surface area contributed by atoms with Gasteiger partial charge in [0.2, 0.25) is 5.91 Å². The molecule has 0 aromatic heterocycles. The summed E-state index contributed by atoms with van der Waals surface area (Å²) in [5, 5.41) is 2.89. The minimum Gasteiger partial charge on any atom is -0.354 e. The van der Waals surface area contributed by atoms with Crippen molar-refractivity contribution in [3.05, 3.63) is 35.9 Å². The fraction of sp³-hybridized carbons (Fsp3) is 0.500. The van der Waals surface area contributed by atoms with Crippen LogP contribution in [0.4, 0.5) is 0 Å². The minimum absolute atomic E-state index is 0.0610. The van der Waals surface area contributed by atoms with E-state index in [1.807, 2.05) is 30.3 Å². The SMILES string of the molecule is CCC(C)CNC(=O)[C@H](N)Cc1ccccc1. The molecule has 0 saturated carbocycles. The van der Waals surface area contributed by atoms with E-state index in [-0.39, 0.29) is 5.91 Å². The highest BCUT2D eigenvalue weighted by Crippen LogP contribution is 2.02. The van der Waals surface area contributed by atoms with Gasteiger partial charge in [-0.15, -0.1) is 0 Å². The van der Waals surface area contributed by atoms with E-state index in [2.05, 4.69) is 19.2 Å². The quantitative estimate of drug-likeness (QED) is 0.787. The number of benzene rings is 1. The van der Waals surface area contributed by atoms with Crippen molar-refractivity contribution < 1.29 is 4.79 Å². The number of carbonyl (C=O) groups is 1. The molecular weight excluding hydrogens is 212 g/mol. The molecule has 3 N–H and O–H groups in total. The molecule has 2 atom stereocenters. The molecule has 17 heavy (non-hydrogen) atoms. The molecular formula is C14H22N2O. The van der Waals surface area contributed by atoms with Gasteiger partial charge in [-0.25, -0.2) is 0 Å². The standard InChI is InChI=1S/C14H22N2O/c1-3-11(2)10-16-14(17)13(15)9-12-7-5-4-6-8-12/h4-8,11,13H,3,9-10,15H2,1-2H3,(H,16,17)/t11?,13-/m1/s1. The summed E-state index contributed by atoms with van der Waals surface area (Å²) in [5.41, 5.74) is 6.96. The average molecular weight is 234 g/mol. The normalized spacial score (nSPS) is 14.1. The first-order chi connectivity index (χ1) is 8.13. The number of rotatable bonds is 6. The Morgan fingerprint density at radius 2 is 2.00 bits per heavy atom. The molecule has 0 aliphatic carbocycles. The molecule has 0 fully saturated rings. The number of amides is 1. The summed E-state index contributed by atoms with van der Waals surface area (Å²) < 4.78 is 0. The number of nitrogens with two attached hydrogens (primary N) is 1. The van der Waals surface area contributed by atoms with Gasteiger partial charge in [0.15, 0.2) is 0 Å². The van der Waals surface area contributed by atoms with Crippen LogP contribution < -0.4 is 11.1 Å². The molecule has 3 nitrogen and oxygen atoms in total. The summed E-state index contributed by atoms with van der Waals surface area (Å²) >= 11 is 0. The van der Waals surface area contributed by atoms with Crippen molar-refractivity contribution in [1.29, 1.82) is 0 Å². The largest absolute Gasteiger partial charge is 0.354 e. The third-order valence-electron chi connectivity index (χ3n) is 2.96. The predicted octanol–water partition coefficient (Wildman–Crippen LogP) is 1.72. The van der Waals surface area contributed by atoms with Crippen LogP contribution in [0, 0.1) is 5.92 Å². The highest BCUT2D eigenvalue weighted by Gasteiger charge is 2.14. The summed E-state index contributed by atoms with van der Waals surface area (Å²) in [6.07, 6.45) is 1.65. The second-order valence-corrected chi connectivity index (χ2v) is 4.55. The Hall–Kier alpha value is -1.35. The summed E-state index contributed by atoms with van der Waals surface area (Å²) in [5.74, 6) is 0.442. The molecule has 3 heteroatoms. The zero-order valence-corrected chi connectivity index (χ0v) is 10.6. The van der Waals surface area contributed by atoms with Crippen molar-refractivity contribution in [3.63, 3.8) is 0 Å². The molecule has 0 radical (unpaired) electrons. The van der Waals surface area contributed by atoms with Crippen molar-refractivity contribution in [1.82, 2.24) is 5.32 Å². The number of nitrogens with one attached hydrogen (secondary N) is 1. The van der Waals surface area contributed by atoms with E-state index in [0.29, 0.717) is 18.9 Å². The molecule has 1 aromatic rings. The monoisotopic (exact) mass is 234 g/mol. The second kappa shape index (κ2) is 7.07. The van der Waals surface area contributed by atoms with E-state index in [0.717, 1.165) is 12.0 Å². The molecule has 0 aliphatic heterocycles. The van der Waals surface area contributed by atoms with Crippen LogP contribution in [0.25, 0.3) is 0 Å². The lowest BCUT2D eigenvalue weighted by atomic mass is 10.1. The first kappa shape index (κ1) is 13.7. The summed E-state index contributed by atoms with van der Waals surface area (Å²) in [6.45, 7) is 4.93. The number of hydrogen-bond donors (Lipinski definition) is 2. The summed E-state index contributed by atoms with van der Waals surface area (Å²) in [6, 6.07) is 9.39. The highest BCUT2D eigenvalue weighted by molar-refractivity contribution is 5.81. The van der Waals surface area contributed by atoms with Crippen LogP contribution in [0.2, 0.25) is 0 Å². The van der Waals surface area contributed by atoms with Gasteiger partial charge in [0.25, 0.3) is 0 Å². The van der Waals surface area contributed by atoms with E-state index < -0.39 is 6.04 Å². The van der Waals surface area contributed by atoms with E-state index in [4.69, 9.17) is 5.73 Å². The third kappa shape index (κ3) is 5.00. The van der Waals surface area contributed by atoms with E-state index in [9.17, 15) is 4.79 Å². The van der Waals surface area contributed by atoms with Gasteiger partial charge in [-0.3, -0.25) is 4.79 Å². The van der Waals surface area contributed by atoms with E-state index >= 15 is 0 Å². The third-order valence-corrected chi connectivity index (χ3v) is 2.96. The Kier molecular flexibility index (Phi) is 5.70. The van der Waals surface area contributed by atoms with Crippen LogP contribution in [0.15, 0.2) is 30.3 Å². The van der Waals surface area contributed by atoms with Crippen LogP contribution in [0.3, 0.4) is 0 Å². The van der Waals surface area contributed by atoms with Gasteiger partial charge in [0, 0.05) is 6.54 Å². The van der Waals surface area contributed by atoms with Gasteiger partial charge < -0.3 is 11.1 Å². The maximum absolute atomic E-state index is 11.7. The maximum Gasteiger partial charge on any atom is 0.237 e. The highest BCUT2D eigenvalue weighted by atomic mass is 16.2. The van der Waals surface area contributed by atoms with Crippen molar-refractivity contribution >= 4 is 5.91 Å². The molecule has 0 spiro atoms. The van der Waals surface area contributed by atoms with Gasteiger partial charge in [0.05, 0.1) is 6.04 Å². The fourth-order valence-corrected chi connectivity index (χ4v) is 1.51. The Labute approximate surface area is 103 Å². The van der Waals surface area contributed by atoms with Gasteiger partial charge in [0.1, 0.15) is 0 Å². The van der Waals surface area contributed by atoms with Gasteiger partial charge in [-0.1, -0.05) is 50.6 Å². The molecule has 1 amide bonds. The first-order valence-corrected chi connectivity index (χ1v) is 6.20. The molecule has 0 heterocycles. The zero-order valence-electron chi connectivity index (χ0n) is 10.6. The van der Waals surface area contributed by atoms with Crippen LogP contribution in [-0.2, 0) is 11.2 Å². The molecule has 0 aliphatic rings. The molecule has 1 aromatic carbocycles. The lowest BCUT2D eigenvalue weighted by Gasteiger charge is -2.14. The average Bonchev–Trinajstić information content (AvgIpc) is 2.36. The van der Waals surface area contributed by atoms with Gasteiger partial charge in [-0.05, 0) is 17.9 Å². The lowest BCUT2D eigenvalue weighted by molar-refractivity contribution is -0.122. The topological polar surface area (TPSA) is 55.1 Å². The lowest BCUT2D eigenvalue weighted by Crippen LogP contribution is -2.43. The van der Waals surface area contributed by atoms with Crippen LogP contribution in [0.1, 0.15) is 25.8 Å². The predicted molar refractivity (Wildman–Crippen MR) is 70.6 cm³/mol. The Bertz CT molecular complexity index is 337. The molecule has 0 bridgehead atoms. The van der Waals surface area contributed by atoms with Gasteiger partial charge >= 0.3 is 0 Å². The van der Waals surface area contributed by atoms with Crippen molar-refractivity contribution in [2.75, 3.05) is 6.54 Å². The maximum atomic E-state index is 11.7. The Morgan fingerprint density at radius 3 is 2.59 bits per heavy atom. The molecule has 94 valence electrons. The van der Waals surface area contributed by atoms with Crippen molar-refractivity contribution in [3.8, 4) is 0 Å². The van der Waals surface area contributed by atoms with E-state index in [1.165, 1.54) is 0 Å². The molecule has 0 saturated heterocycles. The first-order valence-electron chi connectivity index (χ1n) is 6.20. The number of carbonyl (C=O) groups excluding carboxylic acids is 1. The van der Waals surface area contributed by atoms with Gasteiger partial charge in [-0.2, -0.15) is 0 Å². The summed E-state index contributed by atoms with van der Waals surface area (Å²) in [7, 11) is 0. The van der Waals surface area contributed by atoms with Crippen molar-refractivity contribution in [2.45, 2.75) is 32.7 Å². The Morgan fingerprint density at radius 1 is 1.35 bits per heavy atom. The molecule has 1 unspecified atom stereocenters. The van der Waals surface area contributed by atoms with Crippen LogP contribution >= 0.6 is 0 Å². The van der Waals surface area contributed by atoms with Crippen LogP contribution in [-0.4, -0.2) is 18.5 Å². The second-order valence-electron chi connectivity index (χ2n) is 4.55.